The number of rotatable bonds is 7. The van der Waals surface area contributed by atoms with Gasteiger partial charge in [0.05, 0.1) is 30.3 Å². The van der Waals surface area contributed by atoms with Crippen LogP contribution in [-0.2, 0) is 19.6 Å². The Hall–Kier alpha value is -2.58. The van der Waals surface area contributed by atoms with E-state index in [1.807, 2.05) is 0 Å². The monoisotopic (exact) mass is 424 g/mol. The molecule has 1 atom stereocenters. The van der Waals surface area contributed by atoms with E-state index in [2.05, 4.69) is 5.32 Å². The van der Waals surface area contributed by atoms with E-state index < -0.39 is 27.9 Å². The number of ether oxygens (including phenoxy) is 1. The maximum atomic E-state index is 12.9. The highest BCUT2D eigenvalue weighted by molar-refractivity contribution is 7.92. The third-order valence-corrected chi connectivity index (χ3v) is 5.43. The molecule has 28 heavy (non-hydrogen) atoms. The predicted molar refractivity (Wildman–Crippen MR) is 109 cm³/mol. The van der Waals surface area contributed by atoms with E-state index in [4.69, 9.17) is 16.3 Å². The Kier molecular flexibility index (Phi) is 7.04. The lowest BCUT2D eigenvalue weighted by Gasteiger charge is -2.30. The maximum Gasteiger partial charge on any atom is 0.339 e. The molecule has 0 heterocycles. The van der Waals surface area contributed by atoms with Gasteiger partial charge in [0, 0.05) is 5.02 Å². The minimum absolute atomic E-state index is 0.172. The lowest BCUT2D eigenvalue weighted by Crippen LogP contribution is -2.47. The first-order valence-electron chi connectivity index (χ1n) is 8.42. The molecule has 150 valence electrons. The SMILES string of the molecule is CC[C@H](C(=O)Nc1ccccc1C(=O)OC)N(c1ccc(Cl)cc1)S(C)(=O)=O. The predicted octanol–water partition coefficient (Wildman–Crippen LogP) is 3.31. The van der Waals surface area contributed by atoms with E-state index in [0.29, 0.717) is 10.7 Å². The highest BCUT2D eigenvalue weighted by Gasteiger charge is 2.32. The summed E-state index contributed by atoms with van der Waals surface area (Å²) in [6, 6.07) is 11.5. The van der Waals surface area contributed by atoms with E-state index in [9.17, 15) is 18.0 Å². The van der Waals surface area contributed by atoms with Crippen LogP contribution in [0.4, 0.5) is 11.4 Å². The summed E-state index contributed by atoms with van der Waals surface area (Å²) in [4.78, 5) is 24.8. The average Bonchev–Trinajstić information content (AvgIpc) is 2.65. The van der Waals surface area contributed by atoms with Gasteiger partial charge in [0.25, 0.3) is 0 Å². The minimum atomic E-state index is -3.77. The van der Waals surface area contributed by atoms with Crippen LogP contribution < -0.4 is 9.62 Å². The van der Waals surface area contributed by atoms with Crippen LogP contribution in [0.25, 0.3) is 0 Å². The number of carbonyl (C=O) groups excluding carboxylic acids is 2. The number of halogens is 1. The molecule has 0 fully saturated rings. The standard InChI is InChI=1S/C19H21ClN2O5S/c1-4-17(22(28(3,25)26)14-11-9-13(20)10-12-14)18(23)21-16-8-6-5-7-15(16)19(24)27-2/h5-12,17H,4H2,1-3H3,(H,21,23)/t17-/m1/s1. The highest BCUT2D eigenvalue weighted by Crippen LogP contribution is 2.25. The summed E-state index contributed by atoms with van der Waals surface area (Å²) in [7, 11) is -2.53. The van der Waals surface area contributed by atoms with E-state index in [1.165, 1.54) is 25.3 Å². The quantitative estimate of drug-likeness (QED) is 0.688. The largest absolute Gasteiger partial charge is 0.465 e. The number of hydrogen-bond donors (Lipinski definition) is 1. The number of carbonyl (C=O) groups is 2. The molecule has 0 bridgehead atoms. The van der Waals surface area contributed by atoms with Crippen LogP contribution in [0.3, 0.4) is 0 Å². The molecule has 1 amide bonds. The number of anilines is 2. The number of para-hydroxylation sites is 1. The zero-order valence-corrected chi connectivity index (χ0v) is 17.3. The van der Waals surface area contributed by atoms with E-state index in [0.717, 1.165) is 10.6 Å². The lowest BCUT2D eigenvalue weighted by atomic mass is 10.1. The summed E-state index contributed by atoms with van der Waals surface area (Å²) in [6.45, 7) is 1.70. The van der Waals surface area contributed by atoms with Crippen molar-refractivity contribution in [2.24, 2.45) is 0 Å². The average molecular weight is 425 g/mol. The number of nitrogens with zero attached hydrogens (tertiary/aromatic N) is 1. The summed E-state index contributed by atoms with van der Waals surface area (Å²) in [5.41, 5.74) is 0.725. The first kappa shape index (κ1) is 21.7. The van der Waals surface area contributed by atoms with Gasteiger partial charge in [-0.15, -0.1) is 0 Å². The van der Waals surface area contributed by atoms with Gasteiger partial charge in [0.15, 0.2) is 0 Å². The first-order chi connectivity index (χ1) is 13.2. The fourth-order valence-corrected chi connectivity index (χ4v) is 4.08. The molecular formula is C19H21ClN2O5S. The Bertz CT molecular complexity index is 961. The van der Waals surface area contributed by atoms with E-state index >= 15 is 0 Å². The van der Waals surface area contributed by atoms with Crippen molar-refractivity contribution in [1.82, 2.24) is 0 Å². The molecule has 0 unspecified atom stereocenters. The Morgan fingerprint density at radius 3 is 2.29 bits per heavy atom. The zero-order valence-electron chi connectivity index (χ0n) is 15.7. The van der Waals surface area contributed by atoms with Crippen molar-refractivity contribution in [3.05, 3.63) is 59.1 Å². The number of hydrogen-bond acceptors (Lipinski definition) is 5. The number of esters is 1. The molecule has 2 rings (SSSR count). The smallest absolute Gasteiger partial charge is 0.339 e. The third-order valence-electron chi connectivity index (χ3n) is 4.00. The van der Waals surface area contributed by atoms with Crippen molar-refractivity contribution in [1.29, 1.82) is 0 Å². The van der Waals surface area contributed by atoms with Crippen LogP contribution in [0.5, 0.6) is 0 Å². The second kappa shape index (κ2) is 9.07. The van der Waals surface area contributed by atoms with Crippen LogP contribution in [0.1, 0.15) is 23.7 Å². The summed E-state index contributed by atoms with van der Waals surface area (Å²) in [6.07, 6.45) is 1.24. The van der Waals surface area contributed by atoms with Gasteiger partial charge in [0.1, 0.15) is 6.04 Å². The van der Waals surface area contributed by atoms with Gasteiger partial charge in [-0.3, -0.25) is 9.10 Å². The molecular weight excluding hydrogens is 404 g/mol. The van der Waals surface area contributed by atoms with Crippen molar-refractivity contribution < 1.29 is 22.7 Å². The molecule has 0 aliphatic heterocycles. The van der Waals surface area contributed by atoms with E-state index in [1.54, 1.807) is 37.3 Å². The van der Waals surface area contributed by atoms with Crippen molar-refractivity contribution >= 4 is 44.9 Å². The number of methoxy groups -OCH3 is 1. The molecule has 0 aliphatic rings. The first-order valence-corrected chi connectivity index (χ1v) is 10.6. The van der Waals surface area contributed by atoms with Crippen molar-refractivity contribution in [2.45, 2.75) is 19.4 Å². The molecule has 0 saturated carbocycles. The normalized spacial score (nSPS) is 12.1. The summed E-state index contributed by atoms with van der Waals surface area (Å²) >= 11 is 5.88. The van der Waals surface area contributed by atoms with Gasteiger partial charge >= 0.3 is 5.97 Å². The van der Waals surface area contributed by atoms with Crippen LogP contribution in [-0.4, -0.2) is 39.7 Å². The lowest BCUT2D eigenvalue weighted by molar-refractivity contribution is -0.117. The van der Waals surface area contributed by atoms with Crippen molar-refractivity contribution in [2.75, 3.05) is 23.0 Å². The minimum Gasteiger partial charge on any atom is -0.465 e. The molecule has 0 aromatic heterocycles. The number of benzene rings is 2. The molecule has 0 spiro atoms. The summed E-state index contributed by atoms with van der Waals surface area (Å²) < 4.78 is 30.6. The topological polar surface area (TPSA) is 92.8 Å². The van der Waals surface area contributed by atoms with Crippen molar-refractivity contribution in [3.63, 3.8) is 0 Å². The number of amides is 1. The van der Waals surface area contributed by atoms with Gasteiger partial charge in [-0.25, -0.2) is 13.2 Å². The Labute approximate surface area is 169 Å². The Morgan fingerprint density at radius 1 is 1.14 bits per heavy atom. The molecule has 9 heteroatoms. The zero-order chi connectivity index (χ0) is 20.9. The second-order valence-corrected chi connectivity index (χ2v) is 8.28. The van der Waals surface area contributed by atoms with E-state index in [-0.39, 0.29) is 17.7 Å². The van der Waals surface area contributed by atoms with Crippen molar-refractivity contribution in [3.8, 4) is 0 Å². The fraction of sp³-hybridized carbons (Fsp3) is 0.263. The van der Waals surface area contributed by atoms with Crippen LogP contribution in [0.15, 0.2) is 48.5 Å². The number of sulfonamides is 1. The second-order valence-electron chi connectivity index (χ2n) is 5.99. The van der Waals surface area contributed by atoms with Gasteiger partial charge in [-0.1, -0.05) is 30.7 Å². The molecule has 2 aromatic rings. The molecule has 0 saturated heterocycles. The molecule has 0 radical (unpaired) electrons. The van der Waals surface area contributed by atoms with Gasteiger partial charge < -0.3 is 10.1 Å². The van der Waals surface area contributed by atoms with Crippen LogP contribution >= 0.6 is 11.6 Å². The van der Waals surface area contributed by atoms with Crippen LogP contribution in [0, 0.1) is 0 Å². The summed E-state index contributed by atoms with van der Waals surface area (Å²) in [5, 5.41) is 3.08. The maximum absolute atomic E-state index is 12.9. The fourth-order valence-electron chi connectivity index (χ4n) is 2.74. The molecule has 7 nitrogen and oxygen atoms in total. The summed E-state index contributed by atoms with van der Waals surface area (Å²) in [5.74, 6) is -1.18. The molecule has 2 aromatic carbocycles. The van der Waals surface area contributed by atoms with Crippen LogP contribution in [0.2, 0.25) is 5.02 Å². The molecule has 1 N–H and O–H groups in total. The Morgan fingerprint density at radius 2 is 1.75 bits per heavy atom. The van der Waals surface area contributed by atoms with Gasteiger partial charge in [-0.05, 0) is 42.8 Å². The van der Waals surface area contributed by atoms with Gasteiger partial charge in [0.2, 0.25) is 15.9 Å². The van der Waals surface area contributed by atoms with Gasteiger partial charge in [-0.2, -0.15) is 0 Å². The third kappa shape index (κ3) is 5.02. The molecule has 0 aliphatic carbocycles. The number of nitrogens with one attached hydrogen (secondary N) is 1. The Balaban J connectivity index is 2.41. The highest BCUT2D eigenvalue weighted by atomic mass is 35.5.